The molecule has 4 nitrogen and oxygen atoms in total. The maximum absolute atomic E-state index is 11.8. The number of carbonyl (C=O) groups is 1. The van der Waals surface area contributed by atoms with E-state index < -0.39 is 0 Å². The summed E-state index contributed by atoms with van der Waals surface area (Å²) in [7, 11) is 1.66. The summed E-state index contributed by atoms with van der Waals surface area (Å²) in [5, 5.41) is 2.89. The molecule has 102 valence electrons. The second-order valence-electron chi connectivity index (χ2n) is 4.77. The van der Waals surface area contributed by atoms with Crippen LogP contribution in [0, 0.1) is 0 Å². The maximum Gasteiger partial charge on any atom is 0.243 e. The first-order valence-electron chi connectivity index (χ1n) is 6.53. The lowest BCUT2D eigenvalue weighted by atomic mass is 10.1. The first kappa shape index (κ1) is 12.5. The molecule has 1 heterocycles. The van der Waals surface area contributed by atoms with Crippen LogP contribution in [0.4, 0.5) is 11.4 Å². The van der Waals surface area contributed by atoms with E-state index in [1.54, 1.807) is 7.11 Å². The summed E-state index contributed by atoms with van der Waals surface area (Å²) in [5.74, 6) is 0.851. The Labute approximate surface area is 118 Å². The highest BCUT2D eigenvalue weighted by Gasteiger charge is 2.21. The van der Waals surface area contributed by atoms with Gasteiger partial charge in [0.25, 0.3) is 0 Å². The summed E-state index contributed by atoms with van der Waals surface area (Å²) in [6.07, 6.45) is 0. The minimum Gasteiger partial charge on any atom is -0.497 e. The van der Waals surface area contributed by atoms with Gasteiger partial charge in [0.15, 0.2) is 0 Å². The third-order valence-electron chi connectivity index (χ3n) is 3.36. The SMILES string of the molecule is COc1cccc(CN2CC(=O)Nc3ccccc32)c1. The van der Waals surface area contributed by atoms with E-state index >= 15 is 0 Å². The molecule has 1 aliphatic heterocycles. The fourth-order valence-corrected chi connectivity index (χ4v) is 2.44. The van der Waals surface area contributed by atoms with E-state index in [9.17, 15) is 4.79 Å². The maximum atomic E-state index is 11.8. The van der Waals surface area contributed by atoms with Gasteiger partial charge in [0, 0.05) is 6.54 Å². The molecule has 2 aromatic carbocycles. The molecule has 0 atom stereocenters. The Morgan fingerprint density at radius 1 is 1.20 bits per heavy atom. The van der Waals surface area contributed by atoms with E-state index in [0.29, 0.717) is 13.1 Å². The topological polar surface area (TPSA) is 41.6 Å². The molecule has 0 saturated carbocycles. The van der Waals surface area contributed by atoms with Crippen LogP contribution in [-0.2, 0) is 11.3 Å². The fourth-order valence-electron chi connectivity index (χ4n) is 2.44. The third kappa shape index (κ3) is 2.45. The largest absolute Gasteiger partial charge is 0.497 e. The van der Waals surface area contributed by atoms with Crippen molar-refractivity contribution in [2.75, 3.05) is 23.9 Å². The number of amides is 1. The lowest BCUT2D eigenvalue weighted by Crippen LogP contribution is -2.37. The van der Waals surface area contributed by atoms with Gasteiger partial charge in [-0.1, -0.05) is 24.3 Å². The molecule has 4 heteroatoms. The summed E-state index contributed by atoms with van der Waals surface area (Å²) in [5.41, 5.74) is 3.04. The van der Waals surface area contributed by atoms with Crippen LogP contribution < -0.4 is 15.0 Å². The van der Waals surface area contributed by atoms with Crippen molar-refractivity contribution in [2.45, 2.75) is 6.54 Å². The summed E-state index contributed by atoms with van der Waals surface area (Å²) in [6, 6.07) is 15.8. The zero-order valence-corrected chi connectivity index (χ0v) is 11.3. The van der Waals surface area contributed by atoms with Crippen LogP contribution in [0.3, 0.4) is 0 Å². The summed E-state index contributed by atoms with van der Waals surface area (Å²) in [6.45, 7) is 1.05. The Morgan fingerprint density at radius 3 is 2.90 bits per heavy atom. The van der Waals surface area contributed by atoms with Crippen molar-refractivity contribution >= 4 is 17.3 Å². The highest BCUT2D eigenvalue weighted by Crippen LogP contribution is 2.30. The Balaban J connectivity index is 1.88. The molecule has 0 radical (unpaired) electrons. The van der Waals surface area contributed by atoms with Crippen LogP contribution in [0.25, 0.3) is 0 Å². The van der Waals surface area contributed by atoms with Crippen molar-refractivity contribution in [2.24, 2.45) is 0 Å². The van der Waals surface area contributed by atoms with Gasteiger partial charge < -0.3 is 15.0 Å². The third-order valence-corrected chi connectivity index (χ3v) is 3.36. The van der Waals surface area contributed by atoms with Crippen molar-refractivity contribution in [3.63, 3.8) is 0 Å². The molecule has 0 bridgehead atoms. The molecule has 0 aromatic heterocycles. The average Bonchev–Trinajstić information content (AvgIpc) is 2.47. The minimum atomic E-state index is 0.0200. The highest BCUT2D eigenvalue weighted by atomic mass is 16.5. The van der Waals surface area contributed by atoms with Gasteiger partial charge in [0.05, 0.1) is 25.0 Å². The number of ether oxygens (including phenoxy) is 1. The van der Waals surface area contributed by atoms with E-state index in [1.807, 2.05) is 48.5 Å². The van der Waals surface area contributed by atoms with Crippen LogP contribution in [0.2, 0.25) is 0 Å². The summed E-state index contributed by atoms with van der Waals surface area (Å²) in [4.78, 5) is 13.8. The van der Waals surface area contributed by atoms with Crippen LogP contribution in [0.1, 0.15) is 5.56 Å². The minimum absolute atomic E-state index is 0.0200. The highest BCUT2D eigenvalue weighted by molar-refractivity contribution is 6.01. The molecule has 1 N–H and O–H groups in total. The monoisotopic (exact) mass is 268 g/mol. The number of anilines is 2. The van der Waals surface area contributed by atoms with Gasteiger partial charge in [-0.3, -0.25) is 4.79 Å². The number of nitrogens with one attached hydrogen (secondary N) is 1. The number of nitrogens with zero attached hydrogens (tertiary/aromatic N) is 1. The fraction of sp³-hybridized carbons (Fsp3) is 0.188. The predicted molar refractivity (Wildman–Crippen MR) is 79.1 cm³/mol. The first-order chi connectivity index (χ1) is 9.76. The molecule has 3 rings (SSSR count). The molecule has 0 unspecified atom stereocenters. The molecule has 2 aromatic rings. The summed E-state index contributed by atoms with van der Waals surface area (Å²) >= 11 is 0. The second-order valence-corrected chi connectivity index (χ2v) is 4.77. The average molecular weight is 268 g/mol. The number of hydrogen-bond donors (Lipinski definition) is 1. The number of hydrogen-bond acceptors (Lipinski definition) is 3. The van der Waals surface area contributed by atoms with Crippen molar-refractivity contribution in [1.29, 1.82) is 0 Å². The molecule has 1 amide bonds. The first-order valence-corrected chi connectivity index (χ1v) is 6.53. The lowest BCUT2D eigenvalue weighted by molar-refractivity contribution is -0.115. The molecule has 0 aliphatic carbocycles. The molecule has 0 spiro atoms. The van der Waals surface area contributed by atoms with Crippen LogP contribution in [-0.4, -0.2) is 19.6 Å². The number of fused-ring (bicyclic) bond motifs is 1. The van der Waals surface area contributed by atoms with Gasteiger partial charge in [-0.2, -0.15) is 0 Å². The van der Waals surface area contributed by atoms with E-state index in [4.69, 9.17) is 4.74 Å². The number of para-hydroxylation sites is 2. The van der Waals surface area contributed by atoms with E-state index in [-0.39, 0.29) is 5.91 Å². The summed E-state index contributed by atoms with van der Waals surface area (Å²) < 4.78 is 5.24. The van der Waals surface area contributed by atoms with Gasteiger partial charge in [0.2, 0.25) is 5.91 Å². The molecular formula is C16H16N2O2. The van der Waals surface area contributed by atoms with Crippen LogP contribution in [0.5, 0.6) is 5.75 Å². The van der Waals surface area contributed by atoms with Crippen molar-refractivity contribution in [3.8, 4) is 5.75 Å². The number of carbonyl (C=O) groups excluding carboxylic acids is 1. The van der Waals surface area contributed by atoms with Crippen LogP contribution >= 0.6 is 0 Å². The van der Waals surface area contributed by atoms with Gasteiger partial charge in [0.1, 0.15) is 5.75 Å². The molecular weight excluding hydrogens is 252 g/mol. The van der Waals surface area contributed by atoms with E-state index in [1.165, 1.54) is 0 Å². The standard InChI is InChI=1S/C16H16N2O2/c1-20-13-6-4-5-12(9-13)10-18-11-16(19)17-14-7-2-3-8-15(14)18/h2-9H,10-11H2,1H3,(H,17,19). The smallest absolute Gasteiger partial charge is 0.243 e. The van der Waals surface area contributed by atoms with Gasteiger partial charge >= 0.3 is 0 Å². The number of methoxy groups -OCH3 is 1. The number of rotatable bonds is 3. The second kappa shape index (κ2) is 5.25. The van der Waals surface area contributed by atoms with Crippen molar-refractivity contribution in [3.05, 3.63) is 54.1 Å². The Kier molecular flexibility index (Phi) is 3.29. The van der Waals surface area contributed by atoms with E-state index in [2.05, 4.69) is 10.2 Å². The van der Waals surface area contributed by atoms with E-state index in [0.717, 1.165) is 22.7 Å². The van der Waals surface area contributed by atoms with Crippen molar-refractivity contribution < 1.29 is 9.53 Å². The van der Waals surface area contributed by atoms with Crippen molar-refractivity contribution in [1.82, 2.24) is 0 Å². The Bertz CT molecular complexity index is 640. The molecule has 0 saturated heterocycles. The quantitative estimate of drug-likeness (QED) is 0.930. The predicted octanol–water partition coefficient (Wildman–Crippen LogP) is 2.65. The van der Waals surface area contributed by atoms with Crippen LogP contribution in [0.15, 0.2) is 48.5 Å². The van der Waals surface area contributed by atoms with Gasteiger partial charge in [-0.05, 0) is 29.8 Å². The zero-order chi connectivity index (χ0) is 13.9. The lowest BCUT2D eigenvalue weighted by Gasteiger charge is -2.31. The Hall–Kier alpha value is -2.49. The normalized spacial score (nSPS) is 13.7. The molecule has 0 fully saturated rings. The van der Waals surface area contributed by atoms with Gasteiger partial charge in [-0.15, -0.1) is 0 Å². The molecule has 1 aliphatic rings. The molecule has 20 heavy (non-hydrogen) atoms. The zero-order valence-electron chi connectivity index (χ0n) is 11.3. The van der Waals surface area contributed by atoms with Gasteiger partial charge in [-0.25, -0.2) is 0 Å². The number of benzene rings is 2. The Morgan fingerprint density at radius 2 is 2.05 bits per heavy atom.